The van der Waals surface area contributed by atoms with Gasteiger partial charge in [-0.05, 0) is 81.0 Å². The van der Waals surface area contributed by atoms with E-state index in [9.17, 15) is 9.90 Å². The number of hydrogen-bond donors (Lipinski definition) is 2. The van der Waals surface area contributed by atoms with Crippen LogP contribution >= 0.6 is 0 Å². The summed E-state index contributed by atoms with van der Waals surface area (Å²) in [7, 11) is -0.428. The Morgan fingerprint density at radius 3 is 2.32 bits per heavy atom. The molecule has 7 heteroatoms. The maximum atomic E-state index is 11.9. The van der Waals surface area contributed by atoms with Crippen LogP contribution in [0.2, 0.25) is 0 Å². The topological polar surface area (TPSA) is 74.8 Å². The Kier molecular flexibility index (Phi) is 6.13. The van der Waals surface area contributed by atoms with Gasteiger partial charge >= 0.3 is 13.2 Å². The van der Waals surface area contributed by atoms with Crippen molar-refractivity contribution in [3.05, 3.63) is 29.3 Å². The van der Waals surface area contributed by atoms with Crippen molar-refractivity contribution in [1.29, 1.82) is 0 Å². The van der Waals surface area contributed by atoms with E-state index in [1.54, 1.807) is 4.90 Å². The van der Waals surface area contributed by atoms with Crippen molar-refractivity contribution >= 4 is 29.7 Å². The van der Waals surface area contributed by atoms with E-state index in [1.807, 2.05) is 0 Å². The number of carboxylic acid groups (broad SMARTS) is 1. The van der Waals surface area contributed by atoms with E-state index in [-0.39, 0.29) is 11.5 Å². The molecule has 2 unspecified atom stereocenters. The van der Waals surface area contributed by atoms with Crippen LogP contribution in [0.4, 0.5) is 4.79 Å². The number of rotatable bonds is 3. The van der Waals surface area contributed by atoms with Crippen molar-refractivity contribution in [2.24, 2.45) is 5.41 Å². The number of benzene rings is 1. The molecule has 34 heavy (non-hydrogen) atoms. The van der Waals surface area contributed by atoms with Gasteiger partial charge in [-0.25, -0.2) is 4.79 Å². The van der Waals surface area contributed by atoms with Crippen LogP contribution in [-0.2, 0) is 9.31 Å². The molecule has 0 saturated carbocycles. The molecular weight excluding hydrogens is 427 g/mol. The van der Waals surface area contributed by atoms with Gasteiger partial charge in [0.05, 0.1) is 11.2 Å². The first kappa shape index (κ1) is 25.1. The highest BCUT2D eigenvalue weighted by molar-refractivity contribution is 6.62. The first-order valence-electron chi connectivity index (χ1n) is 12.6. The molecule has 6 nitrogen and oxygen atoms in total. The lowest BCUT2D eigenvalue weighted by Crippen LogP contribution is -2.51. The smallest absolute Gasteiger partial charge is 0.465 e. The number of piperidine rings is 1. The number of amides is 1. The second-order valence-electron chi connectivity index (χ2n) is 12.6. The van der Waals surface area contributed by atoms with Crippen LogP contribution in [0.3, 0.4) is 0 Å². The van der Waals surface area contributed by atoms with Gasteiger partial charge in [0.15, 0.2) is 0 Å². The number of nitrogens with zero attached hydrogens (tertiary/aromatic N) is 1. The number of nitrogens with one attached hydrogen (secondary N) is 1. The molecule has 1 aromatic carbocycles. The summed E-state index contributed by atoms with van der Waals surface area (Å²) in [5, 5.41) is 11.0. The molecule has 3 heterocycles. The summed E-state index contributed by atoms with van der Waals surface area (Å²) >= 11 is 0. The van der Waals surface area contributed by atoms with Gasteiger partial charge in [0.1, 0.15) is 0 Å². The van der Waals surface area contributed by atoms with Crippen LogP contribution in [0.25, 0.3) is 10.9 Å². The second-order valence-corrected chi connectivity index (χ2v) is 12.6. The van der Waals surface area contributed by atoms with Crippen LogP contribution in [-0.4, -0.2) is 52.0 Å². The summed E-state index contributed by atoms with van der Waals surface area (Å²) in [6, 6.07) is 6.69. The number of likely N-dealkylation sites (tertiary alicyclic amines) is 1. The molecule has 2 N–H and O–H groups in total. The Balaban J connectivity index is 1.71. The minimum Gasteiger partial charge on any atom is -0.465 e. The standard InChI is InChI=1S/C27H41BN2O4/c1-16(2)22-19-14-17(18-12-13-30(24(31)32)21(15-18)25(3,4)5)10-11-20(19)29-23(22)28-33-26(6,7)27(8,9)34-28/h10-11,14,16,18,21,29H,12-13,15H2,1-9H3,(H,31,32). The molecule has 0 aliphatic carbocycles. The van der Waals surface area contributed by atoms with Gasteiger partial charge in [0.2, 0.25) is 0 Å². The molecule has 2 saturated heterocycles. The molecular formula is C27H41BN2O4. The predicted octanol–water partition coefficient (Wildman–Crippen LogP) is 5.86. The van der Waals surface area contributed by atoms with Crippen molar-refractivity contribution in [2.45, 2.75) is 104 Å². The molecule has 1 aromatic heterocycles. The van der Waals surface area contributed by atoms with Gasteiger partial charge in [0, 0.05) is 29.1 Å². The van der Waals surface area contributed by atoms with Gasteiger partial charge in [-0.15, -0.1) is 0 Å². The lowest BCUT2D eigenvalue weighted by molar-refractivity contribution is 0.00578. The second kappa shape index (κ2) is 8.30. The zero-order chi connectivity index (χ0) is 25.2. The van der Waals surface area contributed by atoms with Crippen molar-refractivity contribution in [3.8, 4) is 0 Å². The van der Waals surface area contributed by atoms with Gasteiger partial charge in [0.25, 0.3) is 0 Å². The lowest BCUT2D eigenvalue weighted by Gasteiger charge is -2.44. The first-order chi connectivity index (χ1) is 15.6. The molecule has 1 amide bonds. The first-order valence-corrected chi connectivity index (χ1v) is 12.6. The normalized spacial score (nSPS) is 24.9. The van der Waals surface area contributed by atoms with Gasteiger partial charge < -0.3 is 24.3 Å². The average Bonchev–Trinajstić information content (AvgIpc) is 3.20. The van der Waals surface area contributed by atoms with E-state index >= 15 is 0 Å². The summed E-state index contributed by atoms with van der Waals surface area (Å²) < 4.78 is 12.8. The Bertz CT molecular complexity index is 1070. The monoisotopic (exact) mass is 468 g/mol. The molecule has 2 aliphatic heterocycles. The Hall–Kier alpha value is -1.99. The third-order valence-electron chi connectivity index (χ3n) is 8.28. The van der Waals surface area contributed by atoms with Crippen molar-refractivity contribution in [1.82, 2.24) is 9.88 Å². The third kappa shape index (κ3) is 4.26. The molecule has 0 radical (unpaired) electrons. The fourth-order valence-corrected chi connectivity index (χ4v) is 5.59. The van der Waals surface area contributed by atoms with Crippen LogP contribution in [0.1, 0.15) is 98.1 Å². The van der Waals surface area contributed by atoms with Crippen LogP contribution in [0, 0.1) is 5.41 Å². The average molecular weight is 468 g/mol. The summed E-state index contributed by atoms with van der Waals surface area (Å²) in [5.74, 6) is 0.633. The molecule has 2 fully saturated rings. The van der Waals surface area contributed by atoms with Crippen molar-refractivity contribution < 1.29 is 19.2 Å². The zero-order valence-corrected chi connectivity index (χ0v) is 22.3. The van der Waals surface area contributed by atoms with Crippen molar-refractivity contribution in [3.63, 3.8) is 0 Å². The molecule has 4 rings (SSSR count). The minimum atomic E-state index is -0.811. The molecule has 2 aliphatic rings. The quantitative estimate of drug-likeness (QED) is 0.553. The predicted molar refractivity (Wildman–Crippen MR) is 138 cm³/mol. The van der Waals surface area contributed by atoms with Gasteiger partial charge in [-0.3, -0.25) is 0 Å². The maximum absolute atomic E-state index is 11.9. The molecule has 2 aromatic rings. The largest absolute Gasteiger partial charge is 0.512 e. The molecule has 0 bridgehead atoms. The Labute approximate surface area is 204 Å². The van der Waals surface area contributed by atoms with Crippen molar-refractivity contribution in [2.75, 3.05) is 6.54 Å². The van der Waals surface area contributed by atoms with E-state index in [4.69, 9.17) is 9.31 Å². The lowest BCUT2D eigenvalue weighted by atomic mass is 9.74. The number of aromatic amines is 1. The van der Waals surface area contributed by atoms with Gasteiger partial charge in [-0.1, -0.05) is 40.7 Å². The molecule has 186 valence electrons. The van der Waals surface area contributed by atoms with Crippen LogP contribution < -0.4 is 5.59 Å². The van der Waals surface area contributed by atoms with Crippen LogP contribution in [0.5, 0.6) is 0 Å². The SMILES string of the molecule is CC(C)c1c(B2OC(C)(C)C(C)(C)O2)[nH]c2ccc(C3CCN(C(=O)O)C(C(C)(C)C)C3)cc12. The molecule has 0 spiro atoms. The summed E-state index contributed by atoms with van der Waals surface area (Å²) in [6.07, 6.45) is 0.872. The fourth-order valence-electron chi connectivity index (χ4n) is 5.59. The van der Waals surface area contributed by atoms with Gasteiger partial charge in [-0.2, -0.15) is 0 Å². The number of H-pyrrole nitrogens is 1. The zero-order valence-electron chi connectivity index (χ0n) is 22.3. The Morgan fingerprint density at radius 1 is 1.18 bits per heavy atom. The Morgan fingerprint density at radius 2 is 1.79 bits per heavy atom. The number of fused-ring (bicyclic) bond motifs is 1. The number of aromatic nitrogens is 1. The fraction of sp³-hybridized carbons (Fsp3) is 0.667. The van der Waals surface area contributed by atoms with E-state index in [0.29, 0.717) is 18.4 Å². The highest BCUT2D eigenvalue weighted by Crippen LogP contribution is 2.41. The van der Waals surface area contributed by atoms with E-state index in [1.165, 1.54) is 16.5 Å². The summed E-state index contributed by atoms with van der Waals surface area (Å²) in [6.45, 7) is 19.7. The summed E-state index contributed by atoms with van der Waals surface area (Å²) in [4.78, 5) is 17.1. The maximum Gasteiger partial charge on any atom is 0.512 e. The highest BCUT2D eigenvalue weighted by Gasteiger charge is 2.53. The highest BCUT2D eigenvalue weighted by atomic mass is 16.7. The number of carbonyl (C=O) groups is 1. The van der Waals surface area contributed by atoms with Crippen LogP contribution in [0.15, 0.2) is 18.2 Å². The number of hydrogen-bond acceptors (Lipinski definition) is 3. The minimum absolute atomic E-state index is 0.00412. The molecule has 2 atom stereocenters. The van der Waals surface area contributed by atoms with E-state index < -0.39 is 24.4 Å². The van der Waals surface area contributed by atoms with E-state index in [2.05, 4.69) is 85.5 Å². The van der Waals surface area contributed by atoms with E-state index in [0.717, 1.165) is 24.0 Å². The third-order valence-corrected chi connectivity index (χ3v) is 8.28. The summed E-state index contributed by atoms with van der Waals surface area (Å²) in [5.41, 5.74) is 3.73.